The molecule has 0 saturated carbocycles. The minimum Gasteiger partial charge on any atom is -0.344 e. The van der Waals surface area contributed by atoms with Crippen molar-refractivity contribution < 1.29 is 9.59 Å². The van der Waals surface area contributed by atoms with Crippen LogP contribution in [0.1, 0.15) is 21.0 Å². The second kappa shape index (κ2) is 6.55. The van der Waals surface area contributed by atoms with Gasteiger partial charge in [0.15, 0.2) is 0 Å². The molecule has 1 saturated heterocycles. The molecule has 0 spiro atoms. The average molecular weight is 291 g/mol. The van der Waals surface area contributed by atoms with Crippen molar-refractivity contribution in [3.8, 4) is 11.8 Å². The normalized spacial score (nSPS) is 15.6. The SMILES string of the molecule is CN1CCCN(C(=O)c2ccc(C#CCN)s2)CC1=O. The first-order valence-electron chi connectivity index (χ1n) is 6.44. The molecule has 0 aromatic carbocycles. The summed E-state index contributed by atoms with van der Waals surface area (Å²) in [4.78, 5) is 28.9. The number of likely N-dealkylation sites (N-methyl/N-ethyl adjacent to an activating group) is 1. The Hall–Kier alpha value is -1.84. The first-order valence-corrected chi connectivity index (χ1v) is 7.25. The van der Waals surface area contributed by atoms with Gasteiger partial charge in [0, 0.05) is 20.1 Å². The van der Waals surface area contributed by atoms with Crippen molar-refractivity contribution in [2.24, 2.45) is 5.73 Å². The molecule has 1 aliphatic heterocycles. The summed E-state index contributed by atoms with van der Waals surface area (Å²) >= 11 is 1.34. The molecule has 20 heavy (non-hydrogen) atoms. The molecule has 1 fully saturated rings. The number of hydrogen-bond acceptors (Lipinski definition) is 4. The van der Waals surface area contributed by atoms with Crippen LogP contribution in [0.3, 0.4) is 0 Å². The number of carbonyl (C=O) groups is 2. The van der Waals surface area contributed by atoms with Gasteiger partial charge in [0.05, 0.1) is 16.3 Å². The van der Waals surface area contributed by atoms with E-state index in [1.807, 2.05) is 6.07 Å². The standard InChI is InChI=1S/C14H17N3O2S/c1-16-8-3-9-17(10-13(16)18)14(19)12-6-5-11(20-12)4-2-7-15/h5-6H,3,7-10,15H2,1H3. The molecule has 6 heteroatoms. The van der Waals surface area contributed by atoms with Crippen LogP contribution in [0.2, 0.25) is 0 Å². The van der Waals surface area contributed by atoms with Gasteiger partial charge in [0.25, 0.3) is 5.91 Å². The molecule has 2 rings (SSSR count). The lowest BCUT2D eigenvalue weighted by molar-refractivity contribution is -0.129. The number of amides is 2. The molecule has 1 aliphatic rings. The predicted molar refractivity (Wildman–Crippen MR) is 78.4 cm³/mol. The Morgan fingerprint density at radius 3 is 3.00 bits per heavy atom. The summed E-state index contributed by atoms with van der Waals surface area (Å²) in [6.07, 6.45) is 0.805. The number of rotatable bonds is 1. The molecule has 1 aromatic heterocycles. The van der Waals surface area contributed by atoms with Crippen LogP contribution in [-0.4, -0.2) is 54.8 Å². The molecular formula is C14H17N3O2S. The lowest BCUT2D eigenvalue weighted by Crippen LogP contribution is -2.37. The van der Waals surface area contributed by atoms with Gasteiger partial charge in [-0.1, -0.05) is 11.8 Å². The molecular weight excluding hydrogens is 274 g/mol. The Labute approximate surface area is 122 Å². The van der Waals surface area contributed by atoms with Gasteiger partial charge < -0.3 is 15.5 Å². The van der Waals surface area contributed by atoms with Crippen LogP contribution in [0.5, 0.6) is 0 Å². The van der Waals surface area contributed by atoms with E-state index >= 15 is 0 Å². The summed E-state index contributed by atoms with van der Waals surface area (Å²) in [7, 11) is 1.77. The van der Waals surface area contributed by atoms with Crippen molar-refractivity contribution in [1.82, 2.24) is 9.80 Å². The molecule has 2 heterocycles. The highest BCUT2D eigenvalue weighted by Crippen LogP contribution is 2.18. The molecule has 0 atom stereocenters. The number of hydrogen-bond donors (Lipinski definition) is 1. The summed E-state index contributed by atoms with van der Waals surface area (Å²) in [5.74, 6) is 5.55. The molecule has 5 nitrogen and oxygen atoms in total. The van der Waals surface area contributed by atoms with Crippen molar-refractivity contribution in [1.29, 1.82) is 0 Å². The number of carbonyl (C=O) groups excluding carboxylic acids is 2. The Balaban J connectivity index is 2.10. The molecule has 0 bridgehead atoms. The number of nitrogens with zero attached hydrogens (tertiary/aromatic N) is 2. The average Bonchev–Trinajstić information content (AvgIpc) is 2.84. The van der Waals surface area contributed by atoms with E-state index in [1.165, 1.54) is 11.3 Å². The van der Waals surface area contributed by atoms with E-state index in [2.05, 4.69) is 11.8 Å². The molecule has 0 radical (unpaired) electrons. The van der Waals surface area contributed by atoms with Crippen molar-refractivity contribution >= 4 is 23.2 Å². The predicted octanol–water partition coefficient (Wildman–Crippen LogP) is 0.363. The van der Waals surface area contributed by atoms with Gasteiger partial charge in [-0.25, -0.2) is 0 Å². The minimum absolute atomic E-state index is 0.0180. The molecule has 0 unspecified atom stereocenters. The van der Waals surface area contributed by atoms with Gasteiger partial charge in [-0.2, -0.15) is 0 Å². The fourth-order valence-corrected chi connectivity index (χ4v) is 2.82. The van der Waals surface area contributed by atoms with Gasteiger partial charge in [-0.15, -0.1) is 11.3 Å². The maximum Gasteiger partial charge on any atom is 0.264 e. The van der Waals surface area contributed by atoms with Crippen molar-refractivity contribution in [2.45, 2.75) is 6.42 Å². The largest absolute Gasteiger partial charge is 0.344 e. The van der Waals surface area contributed by atoms with E-state index in [4.69, 9.17) is 5.73 Å². The van der Waals surface area contributed by atoms with E-state index < -0.39 is 0 Å². The van der Waals surface area contributed by atoms with Crippen molar-refractivity contribution in [2.75, 3.05) is 33.2 Å². The molecule has 2 amide bonds. The third kappa shape index (κ3) is 3.38. The second-order valence-electron chi connectivity index (χ2n) is 4.57. The van der Waals surface area contributed by atoms with Gasteiger partial charge >= 0.3 is 0 Å². The zero-order chi connectivity index (χ0) is 14.5. The quantitative estimate of drug-likeness (QED) is 0.760. The zero-order valence-electron chi connectivity index (χ0n) is 11.4. The fraction of sp³-hybridized carbons (Fsp3) is 0.429. The summed E-state index contributed by atoms with van der Waals surface area (Å²) in [6.45, 7) is 1.75. The highest BCUT2D eigenvalue weighted by Gasteiger charge is 2.24. The van der Waals surface area contributed by atoms with Crippen LogP contribution < -0.4 is 5.73 Å². The highest BCUT2D eigenvalue weighted by molar-refractivity contribution is 7.14. The van der Waals surface area contributed by atoms with Gasteiger partial charge in [-0.05, 0) is 18.6 Å². The lowest BCUT2D eigenvalue weighted by Gasteiger charge is -2.18. The van der Waals surface area contributed by atoms with E-state index in [1.54, 1.807) is 22.9 Å². The van der Waals surface area contributed by atoms with Gasteiger partial charge in [0.2, 0.25) is 5.91 Å². The molecule has 1 aromatic rings. The summed E-state index contributed by atoms with van der Waals surface area (Å²) < 4.78 is 0. The fourth-order valence-electron chi connectivity index (χ4n) is 1.97. The van der Waals surface area contributed by atoms with Crippen LogP contribution in [0, 0.1) is 11.8 Å². The maximum atomic E-state index is 12.4. The van der Waals surface area contributed by atoms with Crippen molar-refractivity contribution in [3.63, 3.8) is 0 Å². The first kappa shape index (κ1) is 14.6. The third-order valence-corrected chi connectivity index (χ3v) is 4.08. The van der Waals surface area contributed by atoms with Crippen LogP contribution in [0.25, 0.3) is 0 Å². The Bertz CT molecular complexity index is 570. The first-order chi connectivity index (χ1) is 9.61. The summed E-state index contributed by atoms with van der Waals surface area (Å²) in [6, 6.07) is 3.57. The Kier molecular flexibility index (Phi) is 4.77. The number of thiophene rings is 1. The number of nitrogens with two attached hydrogens (primary N) is 1. The monoisotopic (exact) mass is 291 g/mol. The van der Waals surface area contributed by atoms with E-state index in [9.17, 15) is 9.59 Å². The smallest absolute Gasteiger partial charge is 0.264 e. The minimum atomic E-state index is -0.0977. The van der Waals surface area contributed by atoms with Gasteiger partial charge in [0.1, 0.15) is 6.54 Å². The second-order valence-corrected chi connectivity index (χ2v) is 5.65. The van der Waals surface area contributed by atoms with Gasteiger partial charge in [-0.3, -0.25) is 9.59 Å². The zero-order valence-corrected chi connectivity index (χ0v) is 12.2. The van der Waals surface area contributed by atoms with Crippen LogP contribution >= 0.6 is 11.3 Å². The third-order valence-electron chi connectivity index (χ3n) is 3.09. The van der Waals surface area contributed by atoms with E-state index in [0.717, 1.165) is 11.3 Å². The van der Waals surface area contributed by atoms with Crippen LogP contribution in [0.4, 0.5) is 0 Å². The maximum absolute atomic E-state index is 12.4. The Morgan fingerprint density at radius 1 is 1.45 bits per heavy atom. The highest BCUT2D eigenvalue weighted by atomic mass is 32.1. The van der Waals surface area contributed by atoms with Crippen molar-refractivity contribution in [3.05, 3.63) is 21.9 Å². The van der Waals surface area contributed by atoms with E-state index in [-0.39, 0.29) is 18.4 Å². The Morgan fingerprint density at radius 2 is 2.25 bits per heavy atom. The summed E-state index contributed by atoms with van der Waals surface area (Å²) in [5.41, 5.74) is 5.32. The molecule has 0 aliphatic carbocycles. The summed E-state index contributed by atoms with van der Waals surface area (Å²) in [5, 5.41) is 0. The topological polar surface area (TPSA) is 66.6 Å². The van der Waals surface area contributed by atoms with Crippen LogP contribution in [0.15, 0.2) is 12.1 Å². The molecule has 106 valence electrons. The molecule has 2 N–H and O–H groups in total. The van der Waals surface area contributed by atoms with E-state index in [0.29, 0.717) is 24.5 Å². The van der Waals surface area contributed by atoms with Crippen LogP contribution in [-0.2, 0) is 4.79 Å². The lowest BCUT2D eigenvalue weighted by atomic mass is 10.3.